The van der Waals surface area contributed by atoms with E-state index >= 15 is 0 Å². The number of hydrogen-bond donors (Lipinski definition) is 0. The Hall–Kier alpha value is -1.46. The lowest BCUT2D eigenvalue weighted by Gasteiger charge is -2.37. The van der Waals surface area contributed by atoms with Gasteiger partial charge in [0.2, 0.25) is 0 Å². The second kappa shape index (κ2) is 5.67. The van der Waals surface area contributed by atoms with Crippen molar-refractivity contribution in [1.29, 1.82) is 0 Å². The number of piperidine rings is 1. The smallest absolute Gasteiger partial charge is 0.0367 e. The molecule has 2 heteroatoms. The van der Waals surface area contributed by atoms with Crippen LogP contribution >= 0.6 is 0 Å². The molecule has 0 unspecified atom stereocenters. The molecule has 2 nitrogen and oxygen atoms in total. The third-order valence-corrected chi connectivity index (χ3v) is 4.50. The van der Waals surface area contributed by atoms with E-state index in [-0.39, 0.29) is 0 Å². The summed E-state index contributed by atoms with van der Waals surface area (Å²) in [6, 6.07) is 9.01. The van der Waals surface area contributed by atoms with Gasteiger partial charge in [0.25, 0.3) is 0 Å². The molecule has 2 fully saturated rings. The zero-order valence-corrected chi connectivity index (χ0v) is 11.4. The van der Waals surface area contributed by atoms with E-state index < -0.39 is 0 Å². The fourth-order valence-corrected chi connectivity index (χ4v) is 3.35. The summed E-state index contributed by atoms with van der Waals surface area (Å²) in [5.74, 6) is 2.43. The van der Waals surface area contributed by atoms with Crippen molar-refractivity contribution in [2.75, 3.05) is 31.1 Å². The van der Waals surface area contributed by atoms with E-state index in [0.29, 0.717) is 0 Å². The summed E-state index contributed by atoms with van der Waals surface area (Å²) in [4.78, 5) is 5.16. The Morgan fingerprint density at radius 1 is 0.947 bits per heavy atom. The minimum Gasteiger partial charge on any atom is -0.371 e. The Morgan fingerprint density at radius 2 is 1.58 bits per heavy atom. The van der Waals surface area contributed by atoms with Crippen molar-refractivity contribution in [3.63, 3.8) is 0 Å². The third-order valence-electron chi connectivity index (χ3n) is 4.50. The van der Waals surface area contributed by atoms with E-state index in [1.807, 2.05) is 12.1 Å². The van der Waals surface area contributed by atoms with Crippen molar-refractivity contribution in [3.8, 4) is 5.92 Å². The highest BCUT2D eigenvalue weighted by atomic mass is 15.2. The van der Waals surface area contributed by atoms with Crippen molar-refractivity contribution < 1.29 is 0 Å². The van der Waals surface area contributed by atoms with Gasteiger partial charge in [0.1, 0.15) is 0 Å². The van der Waals surface area contributed by atoms with Gasteiger partial charge in [-0.15, -0.1) is 0 Å². The normalized spacial score (nSPS) is 21.5. The van der Waals surface area contributed by atoms with Gasteiger partial charge < -0.3 is 9.80 Å². The number of anilines is 1. The largest absolute Gasteiger partial charge is 0.371 e. The number of likely N-dealkylation sites (tertiary alicyclic amines) is 1. The molecule has 0 saturated carbocycles. The van der Waals surface area contributed by atoms with Gasteiger partial charge in [-0.25, -0.2) is 0 Å². The molecule has 1 radical (unpaired) electrons. The molecule has 0 N–H and O–H groups in total. The molecule has 3 rings (SSSR count). The van der Waals surface area contributed by atoms with Gasteiger partial charge in [-0.1, -0.05) is 5.92 Å². The van der Waals surface area contributed by atoms with Crippen molar-refractivity contribution >= 4 is 5.69 Å². The van der Waals surface area contributed by atoms with Crippen LogP contribution in [0, 0.1) is 12.3 Å². The second-order valence-corrected chi connectivity index (χ2v) is 5.63. The van der Waals surface area contributed by atoms with Gasteiger partial charge in [-0.05, 0) is 69.5 Å². The zero-order chi connectivity index (χ0) is 13.1. The molecule has 0 atom stereocenters. The third kappa shape index (κ3) is 2.77. The first-order valence-corrected chi connectivity index (χ1v) is 7.38. The van der Waals surface area contributed by atoms with Crippen LogP contribution in [-0.2, 0) is 0 Å². The first-order valence-electron chi connectivity index (χ1n) is 7.38. The molecule has 19 heavy (non-hydrogen) atoms. The highest BCUT2D eigenvalue weighted by Crippen LogP contribution is 2.25. The summed E-state index contributed by atoms with van der Waals surface area (Å²) in [5, 5.41) is 0. The van der Waals surface area contributed by atoms with Crippen LogP contribution in [0.5, 0.6) is 0 Å². The lowest BCUT2D eigenvalue weighted by atomic mass is 10.0. The molecule has 2 aliphatic rings. The van der Waals surface area contributed by atoms with Crippen molar-refractivity contribution in [1.82, 2.24) is 4.90 Å². The fraction of sp³-hybridized carbons (Fsp3) is 0.529. The summed E-state index contributed by atoms with van der Waals surface area (Å²) in [7, 11) is 0. The molecule has 0 aliphatic carbocycles. The predicted octanol–water partition coefficient (Wildman–Crippen LogP) is 2.69. The summed E-state index contributed by atoms with van der Waals surface area (Å²) in [6.07, 6.45) is 12.5. The minimum absolute atomic E-state index is 0.813. The van der Waals surface area contributed by atoms with Crippen LogP contribution in [0.2, 0.25) is 0 Å². The lowest BCUT2D eigenvalue weighted by Crippen LogP contribution is -2.43. The van der Waals surface area contributed by atoms with Gasteiger partial charge in [-0.3, -0.25) is 0 Å². The van der Waals surface area contributed by atoms with Crippen LogP contribution in [-0.4, -0.2) is 37.1 Å². The Morgan fingerprint density at radius 3 is 2.16 bits per heavy atom. The van der Waals surface area contributed by atoms with Crippen LogP contribution in [0.15, 0.2) is 24.3 Å². The highest BCUT2D eigenvalue weighted by molar-refractivity contribution is 5.50. The van der Waals surface area contributed by atoms with E-state index in [9.17, 15) is 0 Å². The van der Waals surface area contributed by atoms with Gasteiger partial charge >= 0.3 is 0 Å². The van der Waals surface area contributed by atoms with Crippen LogP contribution in [0.3, 0.4) is 0 Å². The van der Waals surface area contributed by atoms with E-state index in [1.165, 1.54) is 44.5 Å². The Labute approximate surface area is 116 Å². The summed E-state index contributed by atoms with van der Waals surface area (Å²) in [6.45, 7) is 4.95. The minimum atomic E-state index is 0.813. The predicted molar refractivity (Wildman–Crippen MR) is 78.7 cm³/mol. The maximum Gasteiger partial charge on any atom is 0.0367 e. The van der Waals surface area contributed by atoms with Crippen molar-refractivity contribution in [3.05, 3.63) is 36.3 Å². The Kier molecular flexibility index (Phi) is 3.75. The molecule has 0 amide bonds. The lowest BCUT2D eigenvalue weighted by molar-refractivity contribution is 0.208. The standard InChI is InChI=1S/C17H21N2/c1-2-15-5-7-16(8-6-15)19-13-9-17(10-14-19)18-11-3-4-12-18/h5-8,17H,3-4,9-14H2. The maximum atomic E-state index is 7.11. The molecule has 2 aliphatic heterocycles. The van der Waals surface area contributed by atoms with E-state index in [2.05, 4.69) is 27.9 Å². The summed E-state index contributed by atoms with van der Waals surface area (Å²) < 4.78 is 0. The Balaban J connectivity index is 1.58. The SMILES string of the molecule is [C]#Cc1ccc(N2CCC(N3CCCC3)CC2)cc1. The Bertz CT molecular complexity index is 443. The van der Waals surface area contributed by atoms with E-state index in [4.69, 9.17) is 6.42 Å². The molecule has 0 bridgehead atoms. The molecular formula is C17H21N2. The van der Waals surface area contributed by atoms with E-state index in [1.54, 1.807) is 0 Å². The summed E-state index contributed by atoms with van der Waals surface area (Å²) >= 11 is 0. The first-order chi connectivity index (χ1) is 9.36. The average Bonchev–Trinajstić information content (AvgIpc) is 3.02. The molecule has 0 spiro atoms. The van der Waals surface area contributed by atoms with Gasteiger partial charge in [0.05, 0.1) is 0 Å². The van der Waals surface area contributed by atoms with E-state index in [0.717, 1.165) is 24.7 Å². The number of benzene rings is 1. The molecule has 2 heterocycles. The van der Waals surface area contributed by atoms with Crippen molar-refractivity contribution in [2.24, 2.45) is 0 Å². The zero-order valence-electron chi connectivity index (χ0n) is 11.4. The highest BCUT2D eigenvalue weighted by Gasteiger charge is 2.26. The van der Waals surface area contributed by atoms with Gasteiger partial charge in [0.15, 0.2) is 0 Å². The van der Waals surface area contributed by atoms with Gasteiger partial charge in [-0.2, -0.15) is 0 Å². The fourth-order valence-electron chi connectivity index (χ4n) is 3.35. The molecule has 1 aromatic carbocycles. The van der Waals surface area contributed by atoms with Crippen LogP contribution < -0.4 is 4.90 Å². The molecule has 1 aromatic rings. The second-order valence-electron chi connectivity index (χ2n) is 5.63. The van der Waals surface area contributed by atoms with Crippen LogP contribution in [0.1, 0.15) is 31.2 Å². The maximum absolute atomic E-state index is 7.11. The molecular weight excluding hydrogens is 232 g/mol. The quantitative estimate of drug-likeness (QED) is 0.748. The number of rotatable bonds is 2. The van der Waals surface area contributed by atoms with Crippen LogP contribution in [0.25, 0.3) is 0 Å². The average molecular weight is 253 g/mol. The molecule has 99 valence electrons. The molecule has 2 saturated heterocycles. The number of hydrogen-bond acceptors (Lipinski definition) is 2. The summed E-state index contributed by atoms with van der Waals surface area (Å²) in [5.41, 5.74) is 2.15. The first kappa shape index (κ1) is 12.6. The number of nitrogens with zero attached hydrogens (tertiary/aromatic N) is 2. The van der Waals surface area contributed by atoms with Crippen LogP contribution in [0.4, 0.5) is 5.69 Å². The molecule has 0 aromatic heterocycles. The monoisotopic (exact) mass is 253 g/mol. The topological polar surface area (TPSA) is 6.48 Å². The van der Waals surface area contributed by atoms with Gasteiger partial charge in [0, 0.05) is 30.4 Å². The van der Waals surface area contributed by atoms with Crippen molar-refractivity contribution in [2.45, 2.75) is 31.7 Å².